The number of hydrogen-bond acceptors (Lipinski definition) is 4. The molecule has 5 nitrogen and oxygen atoms in total. The molecule has 0 aliphatic heterocycles. The molecular formula is C15H12F4N4O. The van der Waals surface area contributed by atoms with Crippen LogP contribution in [0, 0.1) is 5.82 Å². The lowest BCUT2D eigenvalue weighted by molar-refractivity contribution is -0.153. The summed E-state index contributed by atoms with van der Waals surface area (Å²) in [6.07, 6.45) is -3.19. The first-order chi connectivity index (χ1) is 11.3. The third-order valence-electron chi connectivity index (χ3n) is 3.37. The maximum Gasteiger partial charge on any atom is 0.422 e. The summed E-state index contributed by atoms with van der Waals surface area (Å²) in [6, 6.07) is 5.48. The summed E-state index contributed by atoms with van der Waals surface area (Å²) in [6.45, 7) is -1.59. The number of fused-ring (bicyclic) bond motifs is 1. The number of nitrogens with zero attached hydrogens (tertiary/aromatic N) is 3. The van der Waals surface area contributed by atoms with E-state index in [-0.39, 0.29) is 11.4 Å². The van der Waals surface area contributed by atoms with Crippen LogP contribution in [0.5, 0.6) is 5.75 Å². The average Bonchev–Trinajstić information content (AvgIpc) is 2.79. The molecule has 0 spiro atoms. The molecule has 0 unspecified atom stereocenters. The van der Waals surface area contributed by atoms with Crippen molar-refractivity contribution in [2.75, 3.05) is 12.3 Å². The van der Waals surface area contributed by atoms with Crippen molar-refractivity contribution in [1.29, 1.82) is 0 Å². The van der Waals surface area contributed by atoms with E-state index < -0.39 is 24.3 Å². The second-order valence-electron chi connectivity index (χ2n) is 5.12. The van der Waals surface area contributed by atoms with Crippen molar-refractivity contribution in [2.24, 2.45) is 7.05 Å². The number of halogens is 4. The monoisotopic (exact) mass is 340 g/mol. The zero-order valence-corrected chi connectivity index (χ0v) is 12.4. The van der Waals surface area contributed by atoms with Crippen LogP contribution in [0.25, 0.3) is 22.2 Å². The molecule has 0 aliphatic carbocycles. The van der Waals surface area contributed by atoms with E-state index in [2.05, 4.69) is 14.8 Å². The van der Waals surface area contributed by atoms with Gasteiger partial charge in [0.05, 0.1) is 5.52 Å². The Labute approximate surface area is 133 Å². The summed E-state index contributed by atoms with van der Waals surface area (Å²) >= 11 is 0. The van der Waals surface area contributed by atoms with E-state index >= 15 is 0 Å². The van der Waals surface area contributed by atoms with E-state index in [1.54, 1.807) is 13.1 Å². The fraction of sp³-hybridized carbons (Fsp3) is 0.200. The van der Waals surface area contributed by atoms with E-state index in [1.807, 2.05) is 0 Å². The number of ether oxygens (including phenoxy) is 1. The molecule has 1 aromatic carbocycles. The summed E-state index contributed by atoms with van der Waals surface area (Å²) in [5.74, 6) is -1.14. The Morgan fingerprint density at radius 3 is 2.75 bits per heavy atom. The summed E-state index contributed by atoms with van der Waals surface area (Å²) in [7, 11) is 1.65. The Morgan fingerprint density at radius 2 is 2.04 bits per heavy atom. The smallest absolute Gasteiger partial charge is 0.422 e. The Morgan fingerprint density at radius 1 is 1.29 bits per heavy atom. The number of rotatable bonds is 3. The van der Waals surface area contributed by atoms with Crippen molar-refractivity contribution in [1.82, 2.24) is 14.8 Å². The number of nitrogens with two attached hydrogens (primary N) is 1. The molecule has 0 atom stereocenters. The van der Waals surface area contributed by atoms with Crippen LogP contribution < -0.4 is 10.5 Å². The Kier molecular flexibility index (Phi) is 3.78. The van der Waals surface area contributed by atoms with Crippen molar-refractivity contribution in [3.63, 3.8) is 0 Å². The molecule has 0 radical (unpaired) electrons. The molecule has 0 fully saturated rings. The molecule has 9 heteroatoms. The molecule has 3 aromatic rings. The van der Waals surface area contributed by atoms with Crippen LogP contribution in [-0.4, -0.2) is 27.5 Å². The van der Waals surface area contributed by atoms with Gasteiger partial charge in [-0.2, -0.15) is 18.3 Å². The Hall–Kier alpha value is -2.84. The summed E-state index contributed by atoms with van der Waals surface area (Å²) in [5, 5.41) is 4.01. The number of hydrogen-bond donors (Lipinski definition) is 1. The average molecular weight is 340 g/mol. The SMILES string of the molecule is Cn1nc(N)c2ncc(-c3cccc(F)c3OCC(F)(F)F)cc21. The van der Waals surface area contributed by atoms with Crippen LogP contribution in [0.2, 0.25) is 0 Å². The van der Waals surface area contributed by atoms with E-state index in [0.717, 1.165) is 6.07 Å². The molecule has 0 aliphatic rings. The van der Waals surface area contributed by atoms with E-state index in [0.29, 0.717) is 16.6 Å². The summed E-state index contributed by atoms with van der Waals surface area (Å²) < 4.78 is 57.3. The minimum atomic E-state index is -4.57. The number of alkyl halides is 3. The highest BCUT2D eigenvalue weighted by molar-refractivity contribution is 5.88. The fourth-order valence-electron chi connectivity index (χ4n) is 2.34. The molecule has 0 saturated heterocycles. The van der Waals surface area contributed by atoms with Gasteiger partial charge >= 0.3 is 6.18 Å². The Balaban J connectivity index is 2.09. The molecule has 0 amide bonds. The highest BCUT2D eigenvalue weighted by Crippen LogP contribution is 2.34. The van der Waals surface area contributed by atoms with E-state index in [4.69, 9.17) is 5.73 Å². The van der Waals surface area contributed by atoms with Gasteiger partial charge < -0.3 is 10.5 Å². The van der Waals surface area contributed by atoms with Crippen LogP contribution in [-0.2, 0) is 7.05 Å². The highest BCUT2D eigenvalue weighted by atomic mass is 19.4. The van der Waals surface area contributed by atoms with Gasteiger partial charge in [-0.3, -0.25) is 9.67 Å². The molecule has 2 heterocycles. The normalized spacial score (nSPS) is 11.9. The number of aromatic nitrogens is 3. The maximum absolute atomic E-state index is 14.0. The molecular weight excluding hydrogens is 328 g/mol. The minimum Gasteiger partial charge on any atom is -0.480 e. The second kappa shape index (κ2) is 5.66. The molecule has 2 N–H and O–H groups in total. The zero-order chi connectivity index (χ0) is 17.5. The minimum absolute atomic E-state index is 0.161. The molecule has 3 rings (SSSR count). The van der Waals surface area contributed by atoms with Gasteiger partial charge in [0, 0.05) is 24.4 Å². The van der Waals surface area contributed by atoms with Gasteiger partial charge in [-0.25, -0.2) is 4.39 Å². The topological polar surface area (TPSA) is 66.0 Å². The first-order valence-corrected chi connectivity index (χ1v) is 6.83. The molecule has 0 saturated carbocycles. The standard InChI is InChI=1S/C15H12F4N4O/c1-23-11-5-8(6-21-12(11)14(20)22-23)9-3-2-4-10(16)13(9)24-7-15(17,18)19/h2-6H,7H2,1H3,(H2,20,22). The van der Waals surface area contributed by atoms with Gasteiger partial charge in [-0.15, -0.1) is 0 Å². The summed E-state index contributed by atoms with van der Waals surface area (Å²) in [5.41, 5.74) is 7.28. The molecule has 0 bridgehead atoms. The van der Waals surface area contributed by atoms with Crippen molar-refractivity contribution >= 4 is 16.9 Å². The lowest BCUT2D eigenvalue weighted by atomic mass is 10.1. The van der Waals surface area contributed by atoms with Gasteiger partial charge in [0.1, 0.15) is 5.52 Å². The highest BCUT2D eigenvalue weighted by Gasteiger charge is 2.29. The number of para-hydroxylation sites is 1. The lowest BCUT2D eigenvalue weighted by Crippen LogP contribution is -2.20. The third kappa shape index (κ3) is 2.97. The largest absolute Gasteiger partial charge is 0.480 e. The number of anilines is 1. The van der Waals surface area contributed by atoms with Crippen LogP contribution in [0.15, 0.2) is 30.5 Å². The van der Waals surface area contributed by atoms with Crippen LogP contribution in [0.4, 0.5) is 23.4 Å². The van der Waals surface area contributed by atoms with Gasteiger partial charge in [0.15, 0.2) is 24.0 Å². The van der Waals surface area contributed by atoms with Gasteiger partial charge in [-0.1, -0.05) is 12.1 Å². The van der Waals surface area contributed by atoms with Crippen molar-refractivity contribution in [2.45, 2.75) is 6.18 Å². The van der Waals surface area contributed by atoms with Crippen molar-refractivity contribution in [3.8, 4) is 16.9 Å². The van der Waals surface area contributed by atoms with Crippen LogP contribution in [0.1, 0.15) is 0 Å². The van der Waals surface area contributed by atoms with Crippen molar-refractivity contribution in [3.05, 3.63) is 36.3 Å². The van der Waals surface area contributed by atoms with Crippen LogP contribution >= 0.6 is 0 Å². The predicted molar refractivity (Wildman–Crippen MR) is 79.9 cm³/mol. The molecule has 126 valence electrons. The summed E-state index contributed by atoms with van der Waals surface area (Å²) in [4.78, 5) is 4.15. The third-order valence-corrected chi connectivity index (χ3v) is 3.37. The first-order valence-electron chi connectivity index (χ1n) is 6.83. The quantitative estimate of drug-likeness (QED) is 0.743. The number of benzene rings is 1. The van der Waals surface area contributed by atoms with Gasteiger partial charge in [0.2, 0.25) is 0 Å². The fourth-order valence-corrected chi connectivity index (χ4v) is 2.34. The number of aryl methyl sites for hydroxylation is 1. The van der Waals surface area contributed by atoms with Crippen molar-refractivity contribution < 1.29 is 22.3 Å². The number of nitrogen functional groups attached to an aromatic ring is 1. The Bertz CT molecular complexity index is 904. The van der Waals surface area contributed by atoms with E-state index in [1.165, 1.54) is 23.0 Å². The predicted octanol–water partition coefficient (Wildman–Crippen LogP) is 3.30. The number of pyridine rings is 1. The molecule has 2 aromatic heterocycles. The van der Waals surface area contributed by atoms with Gasteiger partial charge in [-0.05, 0) is 12.1 Å². The lowest BCUT2D eigenvalue weighted by Gasteiger charge is -2.14. The van der Waals surface area contributed by atoms with Gasteiger partial charge in [0.25, 0.3) is 0 Å². The second-order valence-corrected chi connectivity index (χ2v) is 5.12. The van der Waals surface area contributed by atoms with Crippen LogP contribution in [0.3, 0.4) is 0 Å². The molecule has 24 heavy (non-hydrogen) atoms. The zero-order valence-electron chi connectivity index (χ0n) is 12.4. The van der Waals surface area contributed by atoms with E-state index in [9.17, 15) is 17.6 Å². The maximum atomic E-state index is 14.0. The first kappa shape index (κ1) is 16.0.